The Morgan fingerprint density at radius 3 is 2.38 bits per heavy atom. The molecule has 1 N–H and O–H groups in total. The lowest BCUT2D eigenvalue weighted by atomic mass is 10.0. The first kappa shape index (κ1) is 14.1. The third kappa shape index (κ3) is 2.43. The third-order valence-electron chi connectivity index (χ3n) is 4.67. The van der Waals surface area contributed by atoms with Gasteiger partial charge in [0.15, 0.2) is 0 Å². The maximum Gasteiger partial charge on any atom is 0.246 e. The molecule has 112 valence electrons. The van der Waals surface area contributed by atoms with E-state index >= 15 is 0 Å². The molecule has 1 saturated heterocycles. The van der Waals surface area contributed by atoms with Crippen molar-refractivity contribution in [2.45, 2.75) is 57.7 Å². The molecule has 3 rings (SSSR count). The van der Waals surface area contributed by atoms with Crippen molar-refractivity contribution in [3.63, 3.8) is 0 Å². The molecule has 1 aliphatic heterocycles. The van der Waals surface area contributed by atoms with Crippen LogP contribution in [0, 0.1) is 0 Å². The topological polar surface area (TPSA) is 49.4 Å². The fourth-order valence-electron chi connectivity index (χ4n) is 3.56. The van der Waals surface area contributed by atoms with Crippen LogP contribution in [0.1, 0.15) is 37.8 Å². The lowest BCUT2D eigenvalue weighted by Gasteiger charge is -2.41. The molecule has 0 saturated carbocycles. The van der Waals surface area contributed by atoms with Gasteiger partial charge in [0.05, 0.1) is 0 Å². The molecule has 0 aromatic heterocycles. The molecular weight excluding hydrogens is 264 g/mol. The van der Waals surface area contributed by atoms with E-state index in [-0.39, 0.29) is 29.9 Å². The average molecular weight is 286 g/mol. The Hall–Kier alpha value is -1.84. The number of carbonyl (C=O) groups excluding carboxylic acids is 2. The Kier molecular flexibility index (Phi) is 3.70. The van der Waals surface area contributed by atoms with Crippen LogP contribution in [0.3, 0.4) is 0 Å². The van der Waals surface area contributed by atoms with E-state index in [1.165, 1.54) is 11.1 Å². The number of piperazine rings is 1. The third-order valence-corrected chi connectivity index (χ3v) is 4.67. The van der Waals surface area contributed by atoms with Crippen LogP contribution in [0.15, 0.2) is 24.3 Å². The van der Waals surface area contributed by atoms with Crippen molar-refractivity contribution in [2.75, 3.05) is 0 Å². The SMILES string of the molecule is CCCC1NC(=O)C(C)N(C2Cc3ccccc3C2)C1=O. The molecule has 1 aromatic rings. The Bertz CT molecular complexity index is 545. The molecule has 0 bridgehead atoms. The number of amides is 2. The van der Waals surface area contributed by atoms with E-state index in [1.54, 1.807) is 0 Å². The summed E-state index contributed by atoms with van der Waals surface area (Å²) < 4.78 is 0. The van der Waals surface area contributed by atoms with Gasteiger partial charge < -0.3 is 10.2 Å². The molecule has 2 unspecified atom stereocenters. The molecule has 4 nitrogen and oxygen atoms in total. The van der Waals surface area contributed by atoms with Gasteiger partial charge in [-0.15, -0.1) is 0 Å². The molecule has 4 heteroatoms. The molecule has 0 radical (unpaired) electrons. The highest BCUT2D eigenvalue weighted by Crippen LogP contribution is 2.28. The van der Waals surface area contributed by atoms with Crippen LogP contribution < -0.4 is 5.32 Å². The van der Waals surface area contributed by atoms with Gasteiger partial charge in [0.25, 0.3) is 0 Å². The summed E-state index contributed by atoms with van der Waals surface area (Å²) in [4.78, 5) is 26.7. The fraction of sp³-hybridized carbons (Fsp3) is 0.529. The second-order valence-corrected chi connectivity index (χ2v) is 6.10. The van der Waals surface area contributed by atoms with E-state index in [0.717, 1.165) is 19.3 Å². The summed E-state index contributed by atoms with van der Waals surface area (Å²) in [6, 6.07) is 7.73. The zero-order chi connectivity index (χ0) is 15.0. The molecule has 2 amide bonds. The molecule has 1 fully saturated rings. The predicted molar refractivity (Wildman–Crippen MR) is 80.8 cm³/mol. The number of benzene rings is 1. The van der Waals surface area contributed by atoms with Gasteiger partial charge in [-0.25, -0.2) is 0 Å². The molecule has 1 heterocycles. The van der Waals surface area contributed by atoms with Crippen LogP contribution in [0.5, 0.6) is 0 Å². The highest BCUT2D eigenvalue weighted by Gasteiger charge is 2.42. The molecule has 1 aliphatic carbocycles. The van der Waals surface area contributed by atoms with E-state index in [2.05, 4.69) is 17.4 Å². The fourth-order valence-corrected chi connectivity index (χ4v) is 3.56. The first-order valence-electron chi connectivity index (χ1n) is 7.81. The number of carbonyl (C=O) groups is 2. The van der Waals surface area contributed by atoms with Crippen LogP contribution >= 0.6 is 0 Å². The van der Waals surface area contributed by atoms with Crippen molar-refractivity contribution in [2.24, 2.45) is 0 Å². The summed E-state index contributed by atoms with van der Waals surface area (Å²) in [6.07, 6.45) is 3.33. The van der Waals surface area contributed by atoms with Gasteiger partial charge in [-0.2, -0.15) is 0 Å². The number of hydrogen-bond donors (Lipinski definition) is 1. The van der Waals surface area contributed by atoms with Gasteiger partial charge in [0.2, 0.25) is 11.8 Å². The largest absolute Gasteiger partial charge is 0.343 e. The molecule has 2 aliphatic rings. The van der Waals surface area contributed by atoms with Gasteiger partial charge in [-0.1, -0.05) is 37.6 Å². The van der Waals surface area contributed by atoms with Gasteiger partial charge in [-0.05, 0) is 37.3 Å². The number of nitrogens with one attached hydrogen (secondary N) is 1. The highest BCUT2D eigenvalue weighted by molar-refractivity contribution is 5.97. The Balaban J connectivity index is 1.83. The molecular formula is C17H22N2O2. The van der Waals surface area contributed by atoms with Gasteiger partial charge in [-0.3, -0.25) is 9.59 Å². The molecule has 1 aromatic carbocycles. The van der Waals surface area contributed by atoms with E-state index < -0.39 is 0 Å². The normalized spacial score (nSPS) is 25.9. The quantitative estimate of drug-likeness (QED) is 0.919. The van der Waals surface area contributed by atoms with Crippen LogP contribution in [0.25, 0.3) is 0 Å². The van der Waals surface area contributed by atoms with Crippen molar-refractivity contribution < 1.29 is 9.59 Å². The summed E-state index contributed by atoms with van der Waals surface area (Å²) in [6.45, 7) is 3.87. The van der Waals surface area contributed by atoms with Crippen molar-refractivity contribution in [3.8, 4) is 0 Å². The minimum atomic E-state index is -0.370. The van der Waals surface area contributed by atoms with Gasteiger partial charge in [0, 0.05) is 6.04 Å². The van der Waals surface area contributed by atoms with Crippen LogP contribution in [0.4, 0.5) is 0 Å². The Morgan fingerprint density at radius 2 is 1.81 bits per heavy atom. The number of nitrogens with zero attached hydrogens (tertiary/aromatic N) is 1. The van der Waals surface area contributed by atoms with E-state index in [4.69, 9.17) is 0 Å². The number of hydrogen-bond acceptors (Lipinski definition) is 2. The highest BCUT2D eigenvalue weighted by atomic mass is 16.2. The van der Waals surface area contributed by atoms with Crippen LogP contribution in [-0.2, 0) is 22.4 Å². The maximum absolute atomic E-state index is 12.7. The second-order valence-electron chi connectivity index (χ2n) is 6.10. The van der Waals surface area contributed by atoms with Crippen molar-refractivity contribution in [1.82, 2.24) is 10.2 Å². The minimum Gasteiger partial charge on any atom is -0.343 e. The summed E-state index contributed by atoms with van der Waals surface area (Å²) in [5.74, 6) is 0.0609. The van der Waals surface area contributed by atoms with Gasteiger partial charge >= 0.3 is 0 Å². The monoisotopic (exact) mass is 286 g/mol. The standard InChI is InChI=1S/C17H22N2O2/c1-3-6-15-17(21)19(11(2)16(20)18-15)14-9-12-7-4-5-8-13(12)10-14/h4-5,7-8,11,14-15H,3,6,9-10H2,1-2H3,(H,18,20). The number of rotatable bonds is 3. The van der Waals surface area contributed by atoms with Crippen LogP contribution in [-0.4, -0.2) is 34.8 Å². The zero-order valence-electron chi connectivity index (χ0n) is 12.6. The summed E-state index contributed by atoms with van der Waals surface area (Å²) in [5, 5.41) is 2.86. The average Bonchev–Trinajstić information content (AvgIpc) is 2.88. The molecule has 2 atom stereocenters. The molecule has 21 heavy (non-hydrogen) atoms. The first-order valence-corrected chi connectivity index (χ1v) is 7.81. The van der Waals surface area contributed by atoms with Crippen molar-refractivity contribution >= 4 is 11.8 Å². The smallest absolute Gasteiger partial charge is 0.246 e. The minimum absolute atomic E-state index is 0.0241. The Morgan fingerprint density at radius 1 is 1.19 bits per heavy atom. The lowest BCUT2D eigenvalue weighted by Crippen LogP contribution is -2.65. The van der Waals surface area contributed by atoms with E-state index in [0.29, 0.717) is 6.42 Å². The zero-order valence-corrected chi connectivity index (χ0v) is 12.6. The Labute approximate surface area is 125 Å². The summed E-state index contributed by atoms with van der Waals surface area (Å²) in [7, 11) is 0. The predicted octanol–water partition coefficient (Wildman–Crippen LogP) is 1.67. The van der Waals surface area contributed by atoms with Crippen molar-refractivity contribution in [1.29, 1.82) is 0 Å². The first-order chi connectivity index (χ1) is 10.1. The summed E-state index contributed by atoms with van der Waals surface area (Å²) >= 11 is 0. The van der Waals surface area contributed by atoms with E-state index in [9.17, 15) is 9.59 Å². The van der Waals surface area contributed by atoms with Gasteiger partial charge in [0.1, 0.15) is 12.1 Å². The van der Waals surface area contributed by atoms with E-state index in [1.807, 2.05) is 30.9 Å². The number of fused-ring (bicyclic) bond motifs is 1. The van der Waals surface area contributed by atoms with Crippen LogP contribution in [0.2, 0.25) is 0 Å². The molecule has 0 spiro atoms. The second kappa shape index (κ2) is 5.51. The maximum atomic E-state index is 12.7. The lowest BCUT2D eigenvalue weighted by molar-refractivity contribution is -0.151. The summed E-state index contributed by atoms with van der Waals surface area (Å²) in [5.41, 5.74) is 2.61. The van der Waals surface area contributed by atoms with Crippen molar-refractivity contribution in [3.05, 3.63) is 35.4 Å².